The fraction of sp³-hybridized carbons (Fsp3) is 0.222. The van der Waals surface area contributed by atoms with Gasteiger partial charge in [-0.15, -0.1) is 10.2 Å². The fourth-order valence-electron chi connectivity index (χ4n) is 2.81. The summed E-state index contributed by atoms with van der Waals surface area (Å²) in [5.74, 6) is 2.15. The van der Waals surface area contributed by atoms with Gasteiger partial charge in [-0.1, -0.05) is 47.5 Å². The molecule has 2 aromatic carbocycles. The molecule has 0 spiro atoms. The lowest BCUT2D eigenvalue weighted by atomic mass is 10.1. The van der Waals surface area contributed by atoms with Crippen LogP contribution in [0.1, 0.15) is 41.2 Å². The van der Waals surface area contributed by atoms with Crippen molar-refractivity contribution in [2.75, 3.05) is 0 Å². The fourth-order valence-corrected chi connectivity index (χ4v) is 3.06. The molecule has 1 aromatic heterocycles. The first-order chi connectivity index (χ1) is 11.2. The number of rotatable bonds is 4. The van der Waals surface area contributed by atoms with E-state index in [4.69, 9.17) is 27.6 Å². The van der Waals surface area contributed by atoms with Gasteiger partial charge in [0.05, 0.1) is 6.42 Å². The van der Waals surface area contributed by atoms with Gasteiger partial charge in [-0.3, -0.25) is 0 Å². The molecule has 1 heterocycles. The molecular formula is C18H14Cl2N2O. The topological polar surface area (TPSA) is 38.9 Å². The zero-order chi connectivity index (χ0) is 15.8. The number of hydrogen-bond acceptors (Lipinski definition) is 3. The quantitative estimate of drug-likeness (QED) is 0.649. The van der Waals surface area contributed by atoms with Crippen molar-refractivity contribution < 1.29 is 4.42 Å². The molecule has 5 heteroatoms. The van der Waals surface area contributed by atoms with Crippen molar-refractivity contribution in [3.05, 3.63) is 81.5 Å². The van der Waals surface area contributed by atoms with Crippen LogP contribution < -0.4 is 0 Å². The molecule has 0 saturated heterocycles. The molecule has 23 heavy (non-hydrogen) atoms. The normalized spacial score (nSPS) is 19.7. The van der Waals surface area contributed by atoms with E-state index in [1.165, 1.54) is 5.56 Å². The highest BCUT2D eigenvalue weighted by atomic mass is 35.5. The highest BCUT2D eigenvalue weighted by Gasteiger charge is 2.43. The number of aromatic nitrogens is 2. The van der Waals surface area contributed by atoms with Crippen molar-refractivity contribution in [2.24, 2.45) is 0 Å². The van der Waals surface area contributed by atoms with E-state index in [0.29, 0.717) is 24.1 Å². The lowest BCUT2D eigenvalue weighted by Gasteiger charge is -1.98. The Morgan fingerprint density at radius 2 is 1.52 bits per heavy atom. The van der Waals surface area contributed by atoms with Crippen LogP contribution in [0.2, 0.25) is 10.0 Å². The first kappa shape index (κ1) is 14.7. The smallest absolute Gasteiger partial charge is 0.220 e. The predicted octanol–water partition coefficient (Wildman–Crippen LogP) is 5.24. The maximum atomic E-state index is 5.93. The molecule has 0 N–H and O–H groups in total. The molecule has 1 fully saturated rings. The second-order valence-electron chi connectivity index (χ2n) is 5.84. The van der Waals surface area contributed by atoms with Gasteiger partial charge >= 0.3 is 0 Å². The number of halogens is 2. The first-order valence-corrected chi connectivity index (χ1v) is 8.27. The first-order valence-electron chi connectivity index (χ1n) is 7.51. The molecule has 0 aliphatic heterocycles. The number of benzene rings is 2. The molecular weight excluding hydrogens is 331 g/mol. The second kappa shape index (κ2) is 5.99. The van der Waals surface area contributed by atoms with Crippen LogP contribution >= 0.6 is 23.2 Å². The van der Waals surface area contributed by atoms with E-state index < -0.39 is 0 Å². The summed E-state index contributed by atoms with van der Waals surface area (Å²) in [5, 5.41) is 9.87. The summed E-state index contributed by atoms with van der Waals surface area (Å²) in [5.41, 5.74) is 2.38. The minimum atomic E-state index is 0.322. The van der Waals surface area contributed by atoms with Gasteiger partial charge in [-0.25, -0.2) is 0 Å². The Balaban J connectivity index is 1.44. The molecule has 2 unspecified atom stereocenters. The van der Waals surface area contributed by atoms with E-state index in [2.05, 4.69) is 22.3 Å². The third-order valence-corrected chi connectivity index (χ3v) is 4.66. The second-order valence-corrected chi connectivity index (χ2v) is 6.71. The molecule has 1 aliphatic rings. The number of nitrogens with zero attached hydrogens (tertiary/aromatic N) is 2. The molecule has 4 rings (SSSR count). The Bertz CT molecular complexity index is 812. The van der Waals surface area contributed by atoms with E-state index in [9.17, 15) is 0 Å². The van der Waals surface area contributed by atoms with Gasteiger partial charge in [-0.2, -0.15) is 0 Å². The molecule has 0 amide bonds. The molecule has 2 atom stereocenters. The van der Waals surface area contributed by atoms with Gasteiger partial charge in [-0.05, 0) is 47.7 Å². The van der Waals surface area contributed by atoms with Crippen LogP contribution in [0, 0.1) is 0 Å². The van der Waals surface area contributed by atoms with E-state index in [0.717, 1.165) is 27.9 Å². The van der Waals surface area contributed by atoms with E-state index in [1.807, 2.05) is 36.4 Å². The predicted molar refractivity (Wildman–Crippen MR) is 90.1 cm³/mol. The average Bonchev–Trinajstić information content (AvgIpc) is 3.22. The largest absolute Gasteiger partial charge is 0.425 e. The highest BCUT2D eigenvalue weighted by molar-refractivity contribution is 6.30. The summed E-state index contributed by atoms with van der Waals surface area (Å²) in [6.45, 7) is 0. The van der Waals surface area contributed by atoms with Crippen LogP contribution in [0.15, 0.2) is 52.9 Å². The summed E-state index contributed by atoms with van der Waals surface area (Å²) < 4.78 is 5.84. The van der Waals surface area contributed by atoms with Gasteiger partial charge < -0.3 is 4.42 Å². The minimum Gasteiger partial charge on any atom is -0.425 e. The summed E-state index contributed by atoms with van der Waals surface area (Å²) in [7, 11) is 0. The summed E-state index contributed by atoms with van der Waals surface area (Å²) in [6.07, 6.45) is 1.67. The van der Waals surface area contributed by atoms with Crippen LogP contribution in [-0.2, 0) is 6.42 Å². The Hall–Kier alpha value is -1.84. The van der Waals surface area contributed by atoms with E-state index >= 15 is 0 Å². The Morgan fingerprint density at radius 1 is 0.870 bits per heavy atom. The number of hydrogen-bond donors (Lipinski definition) is 0. The van der Waals surface area contributed by atoms with E-state index in [1.54, 1.807) is 0 Å². The van der Waals surface area contributed by atoms with Crippen LogP contribution in [0.5, 0.6) is 0 Å². The third kappa shape index (κ3) is 3.26. The average molecular weight is 345 g/mol. The van der Waals surface area contributed by atoms with Gasteiger partial charge in [0.2, 0.25) is 11.8 Å². The lowest BCUT2D eigenvalue weighted by molar-refractivity contribution is 0.457. The van der Waals surface area contributed by atoms with E-state index in [-0.39, 0.29) is 0 Å². The molecule has 116 valence electrons. The van der Waals surface area contributed by atoms with Gasteiger partial charge in [0.25, 0.3) is 0 Å². The minimum absolute atomic E-state index is 0.322. The summed E-state index contributed by atoms with van der Waals surface area (Å²) >= 11 is 11.8. The summed E-state index contributed by atoms with van der Waals surface area (Å²) in [6, 6.07) is 15.7. The van der Waals surface area contributed by atoms with Crippen molar-refractivity contribution in [1.82, 2.24) is 10.2 Å². The Labute approximate surface area is 144 Å². The molecule has 0 bridgehead atoms. The van der Waals surface area contributed by atoms with Crippen molar-refractivity contribution in [1.29, 1.82) is 0 Å². The molecule has 0 radical (unpaired) electrons. The van der Waals surface area contributed by atoms with Gasteiger partial charge in [0.1, 0.15) is 0 Å². The Morgan fingerprint density at radius 3 is 2.22 bits per heavy atom. The third-order valence-electron chi connectivity index (χ3n) is 4.16. The van der Waals surface area contributed by atoms with Gasteiger partial charge in [0, 0.05) is 16.0 Å². The molecule has 1 aliphatic carbocycles. The zero-order valence-corrected chi connectivity index (χ0v) is 13.8. The Kier molecular flexibility index (Phi) is 3.83. The maximum absolute atomic E-state index is 5.93. The van der Waals surface area contributed by atoms with Crippen molar-refractivity contribution in [3.8, 4) is 0 Å². The molecule has 3 aromatic rings. The van der Waals surface area contributed by atoms with Crippen LogP contribution in [0.4, 0.5) is 0 Å². The van der Waals surface area contributed by atoms with Crippen LogP contribution in [0.25, 0.3) is 0 Å². The monoisotopic (exact) mass is 344 g/mol. The summed E-state index contributed by atoms with van der Waals surface area (Å²) in [4.78, 5) is 0. The molecule has 3 nitrogen and oxygen atoms in total. The maximum Gasteiger partial charge on any atom is 0.220 e. The van der Waals surface area contributed by atoms with Crippen molar-refractivity contribution in [3.63, 3.8) is 0 Å². The molecule has 1 saturated carbocycles. The van der Waals surface area contributed by atoms with Crippen LogP contribution in [0.3, 0.4) is 0 Å². The van der Waals surface area contributed by atoms with Crippen molar-refractivity contribution in [2.45, 2.75) is 24.7 Å². The standard InChI is InChI=1S/C18H14Cl2N2O/c19-13-5-1-11(2-6-13)9-17-21-22-18(23-17)16-10-15(16)12-3-7-14(20)8-4-12/h1-8,15-16H,9-10H2. The van der Waals surface area contributed by atoms with Crippen LogP contribution in [-0.4, -0.2) is 10.2 Å². The zero-order valence-electron chi connectivity index (χ0n) is 12.2. The van der Waals surface area contributed by atoms with Gasteiger partial charge in [0.15, 0.2) is 0 Å². The highest BCUT2D eigenvalue weighted by Crippen LogP contribution is 2.54. The van der Waals surface area contributed by atoms with Crippen molar-refractivity contribution >= 4 is 23.2 Å². The lowest BCUT2D eigenvalue weighted by Crippen LogP contribution is -1.87. The SMILES string of the molecule is Clc1ccc(Cc2nnc(C3CC3c3ccc(Cl)cc3)o2)cc1.